The van der Waals surface area contributed by atoms with Gasteiger partial charge in [0.25, 0.3) is 11.6 Å². The van der Waals surface area contributed by atoms with Crippen LogP contribution in [0.2, 0.25) is 0 Å². The van der Waals surface area contributed by atoms with Crippen molar-refractivity contribution in [2.45, 2.75) is 6.92 Å². The molecule has 2 heterocycles. The highest BCUT2D eigenvalue weighted by Crippen LogP contribution is 2.35. The van der Waals surface area contributed by atoms with Crippen molar-refractivity contribution in [2.24, 2.45) is 4.99 Å². The molecule has 0 N–H and O–H groups in total. The van der Waals surface area contributed by atoms with Gasteiger partial charge < -0.3 is 9.15 Å². The second-order valence-corrected chi connectivity index (χ2v) is 8.12. The minimum atomic E-state index is -0.469. The summed E-state index contributed by atoms with van der Waals surface area (Å²) < 4.78 is 10.7. The van der Waals surface area contributed by atoms with Gasteiger partial charge >= 0.3 is 5.97 Å². The zero-order chi connectivity index (χ0) is 24.2. The molecule has 0 aliphatic carbocycles. The van der Waals surface area contributed by atoms with Crippen LogP contribution < -0.4 is 0 Å². The van der Waals surface area contributed by atoms with Crippen molar-refractivity contribution in [3.05, 3.63) is 87.0 Å². The van der Waals surface area contributed by atoms with Gasteiger partial charge in [-0.25, -0.2) is 9.79 Å². The third kappa shape index (κ3) is 4.76. The van der Waals surface area contributed by atoms with Gasteiger partial charge in [-0.05, 0) is 61.2 Å². The molecule has 172 valence electrons. The number of furan rings is 1. The number of para-hydroxylation sites is 1. The van der Waals surface area contributed by atoms with Crippen molar-refractivity contribution in [3.8, 4) is 11.3 Å². The number of esters is 1. The number of carbonyl (C=O) groups is 2. The maximum Gasteiger partial charge on any atom is 0.338 e. The molecular weight excluding hydrogens is 458 g/mol. The summed E-state index contributed by atoms with van der Waals surface area (Å²) in [6.07, 6.45) is 1.58. The Morgan fingerprint density at radius 3 is 2.62 bits per heavy atom. The van der Waals surface area contributed by atoms with Gasteiger partial charge in [-0.3, -0.25) is 19.8 Å². The predicted molar refractivity (Wildman–Crippen MR) is 129 cm³/mol. The highest BCUT2D eigenvalue weighted by Gasteiger charge is 2.31. The Bertz CT molecular complexity index is 1330. The predicted octanol–water partition coefficient (Wildman–Crippen LogP) is 5.27. The summed E-state index contributed by atoms with van der Waals surface area (Å²) in [5, 5.41) is 11.8. The van der Waals surface area contributed by atoms with E-state index in [1.54, 1.807) is 74.6 Å². The highest BCUT2D eigenvalue weighted by molar-refractivity contribution is 8.18. The number of amides is 1. The zero-order valence-electron chi connectivity index (χ0n) is 18.3. The van der Waals surface area contributed by atoms with Gasteiger partial charge in [-0.15, -0.1) is 0 Å². The fourth-order valence-electron chi connectivity index (χ4n) is 3.19. The number of benzene rings is 2. The molecule has 0 atom stereocenters. The molecule has 1 aromatic heterocycles. The van der Waals surface area contributed by atoms with E-state index in [9.17, 15) is 19.7 Å². The molecule has 1 amide bonds. The van der Waals surface area contributed by atoms with Crippen LogP contribution in [0.1, 0.15) is 23.0 Å². The first-order valence-electron chi connectivity index (χ1n) is 10.2. The van der Waals surface area contributed by atoms with Gasteiger partial charge in [0.1, 0.15) is 11.5 Å². The number of thioether (sulfide) groups is 1. The molecule has 1 saturated heterocycles. The van der Waals surface area contributed by atoms with E-state index in [-0.39, 0.29) is 11.6 Å². The second kappa shape index (κ2) is 9.75. The van der Waals surface area contributed by atoms with E-state index in [0.717, 1.165) is 0 Å². The van der Waals surface area contributed by atoms with E-state index < -0.39 is 10.9 Å². The SMILES string of the molecule is CCOC(=O)c1ccc(N=C2S/C(=C\c3ccc(-c4ccccc4[N+](=O)[O-])o3)C(=O)N2C)cc1. The number of ether oxygens (including phenoxy) is 1. The molecule has 0 spiro atoms. The molecule has 1 aliphatic heterocycles. The van der Waals surface area contributed by atoms with Crippen LogP contribution in [-0.2, 0) is 9.53 Å². The van der Waals surface area contributed by atoms with Gasteiger partial charge in [0.2, 0.25) is 0 Å². The molecular formula is C24H19N3O6S. The normalized spacial score (nSPS) is 15.8. The van der Waals surface area contributed by atoms with Crippen LogP contribution in [0.5, 0.6) is 0 Å². The minimum absolute atomic E-state index is 0.0644. The molecule has 1 aliphatic rings. The fraction of sp³-hybridized carbons (Fsp3) is 0.125. The van der Waals surface area contributed by atoms with E-state index in [1.807, 2.05) is 0 Å². The van der Waals surface area contributed by atoms with Gasteiger partial charge in [-0.1, -0.05) is 12.1 Å². The molecule has 0 unspecified atom stereocenters. The van der Waals surface area contributed by atoms with Gasteiger partial charge in [0, 0.05) is 19.2 Å². The van der Waals surface area contributed by atoms with E-state index >= 15 is 0 Å². The molecule has 1 fully saturated rings. The van der Waals surface area contributed by atoms with Gasteiger partial charge in [0.15, 0.2) is 5.17 Å². The standard InChI is InChI=1S/C24H19N3O6S/c1-3-32-23(29)15-8-10-16(11-9-15)25-24-26(2)22(28)21(34-24)14-17-12-13-20(33-17)18-6-4-5-7-19(18)27(30)31/h4-14H,3H2,1-2H3/b21-14-,25-24?. The van der Waals surface area contributed by atoms with E-state index in [4.69, 9.17) is 9.15 Å². The summed E-state index contributed by atoms with van der Waals surface area (Å²) in [7, 11) is 1.61. The number of amidine groups is 1. The number of hydrogen-bond donors (Lipinski definition) is 0. The van der Waals surface area contributed by atoms with Crippen LogP contribution in [0.25, 0.3) is 17.4 Å². The maximum absolute atomic E-state index is 12.7. The number of likely N-dealkylation sites (N-methyl/N-ethyl adjacent to an activating group) is 1. The lowest BCUT2D eigenvalue weighted by atomic mass is 10.1. The Morgan fingerprint density at radius 2 is 1.91 bits per heavy atom. The Labute approximate surface area is 198 Å². The fourth-order valence-corrected chi connectivity index (χ4v) is 4.16. The lowest BCUT2D eigenvalue weighted by Crippen LogP contribution is -2.23. The number of hydrogen-bond acceptors (Lipinski definition) is 8. The molecule has 2 aromatic carbocycles. The molecule has 9 nitrogen and oxygen atoms in total. The highest BCUT2D eigenvalue weighted by atomic mass is 32.2. The van der Waals surface area contributed by atoms with Crippen molar-refractivity contribution in [1.29, 1.82) is 0 Å². The molecule has 0 radical (unpaired) electrons. The first-order valence-corrected chi connectivity index (χ1v) is 11.1. The Kier molecular flexibility index (Phi) is 6.60. The maximum atomic E-state index is 12.7. The van der Waals surface area contributed by atoms with Crippen LogP contribution in [0.3, 0.4) is 0 Å². The van der Waals surface area contributed by atoms with Crippen LogP contribution in [0.15, 0.2) is 75.0 Å². The monoisotopic (exact) mass is 477 g/mol. The number of carbonyl (C=O) groups excluding carboxylic acids is 2. The average molecular weight is 477 g/mol. The second-order valence-electron chi connectivity index (χ2n) is 7.11. The lowest BCUT2D eigenvalue weighted by Gasteiger charge is -2.07. The summed E-state index contributed by atoms with van der Waals surface area (Å²) in [4.78, 5) is 41.6. The Morgan fingerprint density at radius 1 is 1.18 bits per heavy atom. The van der Waals surface area contributed by atoms with Crippen molar-refractivity contribution < 1.29 is 23.7 Å². The van der Waals surface area contributed by atoms with Crippen molar-refractivity contribution in [3.63, 3.8) is 0 Å². The van der Waals surface area contributed by atoms with E-state index in [0.29, 0.717) is 45.0 Å². The first-order chi connectivity index (χ1) is 16.4. The summed E-state index contributed by atoms with van der Waals surface area (Å²) in [6, 6.07) is 16.1. The van der Waals surface area contributed by atoms with Crippen molar-refractivity contribution in [1.82, 2.24) is 4.90 Å². The third-order valence-electron chi connectivity index (χ3n) is 4.87. The summed E-state index contributed by atoms with van der Waals surface area (Å²) >= 11 is 1.18. The Hall–Kier alpha value is -4.18. The first kappa shape index (κ1) is 23.0. The van der Waals surface area contributed by atoms with E-state index in [1.165, 1.54) is 22.7 Å². The smallest absolute Gasteiger partial charge is 0.338 e. The molecule has 4 rings (SSSR count). The number of nitro benzene ring substituents is 1. The van der Waals surface area contributed by atoms with Crippen LogP contribution in [-0.4, -0.2) is 40.5 Å². The number of nitro groups is 1. The quantitative estimate of drug-likeness (QED) is 0.206. The molecule has 0 saturated carbocycles. The molecule has 10 heteroatoms. The molecule has 34 heavy (non-hydrogen) atoms. The number of rotatable bonds is 6. The van der Waals surface area contributed by atoms with Crippen LogP contribution in [0, 0.1) is 10.1 Å². The summed E-state index contributed by atoms with van der Waals surface area (Å²) in [5.41, 5.74) is 1.29. The third-order valence-corrected chi connectivity index (χ3v) is 5.93. The van der Waals surface area contributed by atoms with Gasteiger partial charge in [0.05, 0.1) is 33.2 Å². The summed E-state index contributed by atoms with van der Waals surface area (Å²) in [6.45, 7) is 2.03. The van der Waals surface area contributed by atoms with Crippen LogP contribution in [0.4, 0.5) is 11.4 Å². The number of aliphatic imine (C=N–C) groups is 1. The molecule has 3 aromatic rings. The minimum Gasteiger partial charge on any atom is -0.462 e. The van der Waals surface area contributed by atoms with Gasteiger partial charge in [-0.2, -0.15) is 0 Å². The summed E-state index contributed by atoms with van der Waals surface area (Å²) in [5.74, 6) is 0.0552. The zero-order valence-corrected chi connectivity index (χ0v) is 19.1. The van der Waals surface area contributed by atoms with E-state index in [2.05, 4.69) is 4.99 Å². The Balaban J connectivity index is 1.55. The number of nitrogens with zero attached hydrogens (tertiary/aromatic N) is 3. The largest absolute Gasteiger partial charge is 0.462 e. The molecule has 0 bridgehead atoms. The van der Waals surface area contributed by atoms with Crippen LogP contribution >= 0.6 is 11.8 Å². The topological polar surface area (TPSA) is 115 Å². The lowest BCUT2D eigenvalue weighted by molar-refractivity contribution is -0.384. The van der Waals surface area contributed by atoms with Crippen molar-refractivity contribution >= 4 is 46.3 Å². The average Bonchev–Trinajstić information content (AvgIpc) is 3.40. The van der Waals surface area contributed by atoms with Crippen molar-refractivity contribution in [2.75, 3.05) is 13.7 Å².